The number of alkyl halides is 6. The van der Waals surface area contributed by atoms with Gasteiger partial charge in [0, 0.05) is 15.4 Å². The van der Waals surface area contributed by atoms with Crippen molar-refractivity contribution in [3.8, 4) is 0 Å². The van der Waals surface area contributed by atoms with Gasteiger partial charge in [0.15, 0.2) is 42.1 Å². The van der Waals surface area contributed by atoms with Gasteiger partial charge >= 0.3 is 32.2 Å². The first-order valence-electron chi connectivity index (χ1n) is 14.1. The van der Waals surface area contributed by atoms with E-state index in [9.17, 15) is 26.3 Å². The van der Waals surface area contributed by atoms with E-state index in [-0.39, 0.29) is 32.1 Å². The van der Waals surface area contributed by atoms with E-state index < -0.39 is 31.3 Å². The molecule has 0 unspecified atom stereocenters. The highest BCUT2D eigenvalue weighted by molar-refractivity contribution is 7.99. The molecule has 5 rings (SSSR count). The largest absolute Gasteiger partial charge is 0.741 e. The van der Waals surface area contributed by atoms with E-state index in [1.165, 1.54) is 42.7 Å². The minimum absolute atomic E-state index is 0.101. The Kier molecular flexibility index (Phi) is 15.0. The van der Waals surface area contributed by atoms with Crippen molar-refractivity contribution in [3.63, 3.8) is 0 Å². The maximum atomic E-state index is 10.7. The molecule has 0 aliphatic heterocycles. The number of hydrogen-bond acceptors (Lipinski definition) is 7. The summed E-state index contributed by atoms with van der Waals surface area (Å²) in [5.41, 5.74) is -8.45. The molecule has 5 aromatic carbocycles. The zero-order valence-corrected chi connectivity index (χ0v) is 31.8. The molecule has 272 valence electrons. The van der Waals surface area contributed by atoms with Crippen LogP contribution in [0, 0.1) is 21.0 Å². The SMILES string of the molecule is Cc1cccc([I+]c2ccc(Sc3ccc([S+](c4ccccc4)c4ccccc4)cc3)cc2)c1C.O=S(=O)([O-])C(F)(F)F.O=S(=O)([O-])C(F)(F)F. The molecule has 6 nitrogen and oxygen atoms in total. The molecule has 17 heteroatoms. The first kappa shape index (κ1) is 42.3. The van der Waals surface area contributed by atoms with Crippen LogP contribution in [-0.2, 0) is 31.1 Å². The highest BCUT2D eigenvalue weighted by atomic mass is 127. The van der Waals surface area contributed by atoms with Crippen molar-refractivity contribution in [3.05, 3.63) is 146 Å². The fourth-order valence-electron chi connectivity index (χ4n) is 3.80. The molecule has 0 amide bonds. The Morgan fingerprint density at radius 2 is 0.922 bits per heavy atom. The Hall–Kier alpha value is -3.07. The molecule has 0 spiro atoms. The summed E-state index contributed by atoms with van der Waals surface area (Å²) < 4.78 is 121. The number of hydrogen-bond donors (Lipinski definition) is 0. The van der Waals surface area contributed by atoms with Crippen LogP contribution < -0.4 is 21.2 Å². The predicted molar refractivity (Wildman–Crippen MR) is 177 cm³/mol. The normalized spacial score (nSPS) is 12.0. The molecule has 5 aromatic rings. The monoisotopic (exact) mass is 900 g/mol. The molecule has 0 radical (unpaired) electrons. The molecular formula is C34H27F6IO6S4. The average Bonchev–Trinajstić information content (AvgIpc) is 3.05. The summed E-state index contributed by atoms with van der Waals surface area (Å²) in [6.07, 6.45) is 0. The second-order valence-corrected chi connectivity index (χ2v) is 18.9. The molecule has 0 atom stereocenters. The number of halogens is 7. The van der Waals surface area contributed by atoms with E-state index >= 15 is 0 Å². The Labute approximate surface area is 309 Å². The van der Waals surface area contributed by atoms with Crippen molar-refractivity contribution in [1.82, 2.24) is 0 Å². The molecule has 0 saturated carbocycles. The van der Waals surface area contributed by atoms with Crippen LogP contribution in [0.2, 0.25) is 0 Å². The number of aryl methyl sites for hydroxylation is 1. The van der Waals surface area contributed by atoms with E-state index in [4.69, 9.17) is 25.9 Å². The summed E-state index contributed by atoms with van der Waals surface area (Å²) in [5, 5.41) is 0. The van der Waals surface area contributed by atoms with Crippen LogP contribution in [0.5, 0.6) is 0 Å². The standard InChI is InChI=1S/C32H27IS2.2CHF3O3S/c1-24-10-9-15-32(25(24)2)33-26-16-18-27(19-17-26)34-28-20-22-31(23-21-28)35(29-11-5-3-6-12-29)30-13-7-4-8-14-30;2*2-1(3,4)8(5,6)7/h3-23H,1-2H3;2*(H,5,6,7)/q+2;;/p-2. The van der Waals surface area contributed by atoms with Gasteiger partial charge in [-0.1, -0.05) is 60.3 Å². The van der Waals surface area contributed by atoms with E-state index in [1.54, 1.807) is 0 Å². The Morgan fingerprint density at radius 1 is 0.549 bits per heavy atom. The summed E-state index contributed by atoms with van der Waals surface area (Å²) >= 11 is 1.69. The molecule has 51 heavy (non-hydrogen) atoms. The van der Waals surface area contributed by atoms with Gasteiger partial charge in [-0.15, -0.1) is 0 Å². The second-order valence-electron chi connectivity index (χ2n) is 10.0. The van der Waals surface area contributed by atoms with Gasteiger partial charge in [0.25, 0.3) is 0 Å². The van der Waals surface area contributed by atoms with Gasteiger partial charge < -0.3 is 9.11 Å². The fraction of sp³-hybridized carbons (Fsp3) is 0.118. The Morgan fingerprint density at radius 3 is 1.31 bits per heavy atom. The van der Waals surface area contributed by atoms with Gasteiger partial charge in [-0.3, -0.25) is 0 Å². The van der Waals surface area contributed by atoms with Gasteiger partial charge in [-0.05, 0) is 98.3 Å². The van der Waals surface area contributed by atoms with Crippen LogP contribution in [0.1, 0.15) is 11.1 Å². The van der Waals surface area contributed by atoms with Crippen LogP contribution in [0.15, 0.2) is 152 Å². The molecule has 0 aliphatic rings. The van der Waals surface area contributed by atoms with Gasteiger partial charge in [-0.2, -0.15) is 26.3 Å². The average molecular weight is 901 g/mol. The van der Waals surface area contributed by atoms with Crippen molar-refractivity contribution in [1.29, 1.82) is 0 Å². The van der Waals surface area contributed by atoms with Crippen LogP contribution in [0.25, 0.3) is 0 Å². The molecule has 0 aromatic heterocycles. The number of rotatable bonds is 7. The zero-order valence-electron chi connectivity index (χ0n) is 26.4. The van der Waals surface area contributed by atoms with E-state index in [0.717, 1.165) is 0 Å². The maximum Gasteiger partial charge on any atom is 0.485 e. The van der Waals surface area contributed by atoms with E-state index in [1.807, 2.05) is 11.8 Å². The van der Waals surface area contributed by atoms with Crippen molar-refractivity contribution < 1.29 is 73.5 Å². The third kappa shape index (κ3) is 13.1. The van der Waals surface area contributed by atoms with E-state index in [2.05, 4.69) is 141 Å². The van der Waals surface area contributed by atoms with Crippen LogP contribution >= 0.6 is 11.8 Å². The summed E-state index contributed by atoms with van der Waals surface area (Å²) in [6, 6.07) is 46.6. The third-order valence-corrected chi connectivity index (χ3v) is 13.9. The lowest BCUT2D eigenvalue weighted by Crippen LogP contribution is -3.61. The van der Waals surface area contributed by atoms with Crippen LogP contribution in [-0.4, -0.2) is 37.0 Å². The van der Waals surface area contributed by atoms with Crippen LogP contribution in [0.4, 0.5) is 26.3 Å². The molecule has 0 aliphatic carbocycles. The lowest BCUT2D eigenvalue weighted by atomic mass is 10.1. The van der Waals surface area contributed by atoms with E-state index in [0.29, 0.717) is 0 Å². The second kappa shape index (κ2) is 18.1. The zero-order chi connectivity index (χ0) is 38.0. The third-order valence-electron chi connectivity index (χ3n) is 6.38. The van der Waals surface area contributed by atoms with Gasteiger partial charge in [0.2, 0.25) is 0 Å². The van der Waals surface area contributed by atoms with Gasteiger partial charge in [0.1, 0.15) is 0 Å². The predicted octanol–water partition coefficient (Wildman–Crippen LogP) is 5.78. The summed E-state index contributed by atoms with van der Waals surface area (Å²) in [7, 11) is -12.3. The van der Waals surface area contributed by atoms with Crippen molar-refractivity contribution >= 4 is 42.9 Å². The minimum atomic E-state index is -6.09. The first-order valence-corrected chi connectivity index (χ1v) is 21.2. The number of benzene rings is 5. The minimum Gasteiger partial charge on any atom is -0.741 e. The topological polar surface area (TPSA) is 114 Å². The highest BCUT2D eigenvalue weighted by Gasteiger charge is 2.37. The summed E-state index contributed by atoms with van der Waals surface area (Å²) in [5.74, 6) is 0. The Balaban J connectivity index is 0.000000366. The maximum absolute atomic E-state index is 10.7. The molecule has 0 fully saturated rings. The van der Waals surface area contributed by atoms with Crippen molar-refractivity contribution in [2.75, 3.05) is 0 Å². The first-order chi connectivity index (χ1) is 23.7. The van der Waals surface area contributed by atoms with Crippen molar-refractivity contribution in [2.45, 2.75) is 49.3 Å². The smallest absolute Gasteiger partial charge is 0.485 e. The fourth-order valence-corrected chi connectivity index (χ4v) is 9.31. The van der Waals surface area contributed by atoms with Crippen molar-refractivity contribution in [2.24, 2.45) is 0 Å². The molecule has 0 bridgehead atoms. The molecular weight excluding hydrogens is 874 g/mol. The van der Waals surface area contributed by atoms with Gasteiger partial charge in [0.05, 0.1) is 10.9 Å². The summed E-state index contributed by atoms with van der Waals surface area (Å²) in [6.45, 7) is 4.45. The molecule has 0 N–H and O–H groups in total. The van der Waals surface area contributed by atoms with Gasteiger partial charge in [-0.25, -0.2) is 16.8 Å². The lowest BCUT2D eigenvalue weighted by molar-refractivity contribution is -0.598. The lowest BCUT2D eigenvalue weighted by Gasteiger charge is -2.08. The van der Waals surface area contributed by atoms with Crippen LogP contribution in [0.3, 0.4) is 0 Å². The summed E-state index contributed by atoms with van der Waals surface area (Å²) in [4.78, 5) is 6.61. The highest BCUT2D eigenvalue weighted by Crippen LogP contribution is 2.34. The molecule has 0 saturated heterocycles. The Bertz CT molecular complexity index is 2000. The molecule has 0 heterocycles. The quantitative estimate of drug-likeness (QED) is 0.0670.